The second-order valence-electron chi connectivity index (χ2n) is 6.53. The zero-order chi connectivity index (χ0) is 18.3. The second-order valence-corrected chi connectivity index (χ2v) is 8.65. The summed E-state index contributed by atoms with van der Waals surface area (Å²) in [5.74, 6) is 0. The van der Waals surface area contributed by atoms with Crippen molar-refractivity contribution in [1.82, 2.24) is 0 Å². The number of aliphatic hydroxyl groups is 4. The lowest BCUT2D eigenvalue weighted by Crippen LogP contribution is -2.55. The lowest BCUT2D eigenvalue weighted by atomic mass is 9.90. The van der Waals surface area contributed by atoms with Crippen molar-refractivity contribution in [1.29, 1.82) is 0 Å². The molecular weight excluding hydrogens is 372 g/mol. The van der Waals surface area contributed by atoms with Crippen LogP contribution in [-0.4, -0.2) is 51.4 Å². The van der Waals surface area contributed by atoms with Crippen molar-refractivity contribution in [3.8, 4) is 0 Å². The van der Waals surface area contributed by atoms with E-state index in [1.165, 1.54) is 14.3 Å². The molecule has 1 aliphatic rings. The van der Waals surface area contributed by atoms with Gasteiger partial charge in [-0.15, -0.1) is 22.7 Å². The molecule has 1 fully saturated rings. The monoisotopic (exact) mass is 392 g/mol. The molecule has 3 aromatic rings. The van der Waals surface area contributed by atoms with Gasteiger partial charge in [0.1, 0.15) is 30.5 Å². The number of fused-ring (bicyclic) bond motifs is 1. The predicted molar refractivity (Wildman–Crippen MR) is 102 cm³/mol. The van der Waals surface area contributed by atoms with Gasteiger partial charge in [0, 0.05) is 20.7 Å². The summed E-state index contributed by atoms with van der Waals surface area (Å²) >= 11 is 3.50. The van der Waals surface area contributed by atoms with Gasteiger partial charge >= 0.3 is 0 Å². The van der Waals surface area contributed by atoms with Gasteiger partial charge < -0.3 is 25.2 Å². The van der Waals surface area contributed by atoms with Gasteiger partial charge in [-0.25, -0.2) is 0 Å². The third-order valence-corrected chi connectivity index (χ3v) is 6.83. The Balaban J connectivity index is 1.57. The molecule has 0 spiro atoms. The summed E-state index contributed by atoms with van der Waals surface area (Å²) in [6, 6.07) is 12.0. The van der Waals surface area contributed by atoms with Crippen molar-refractivity contribution >= 4 is 32.1 Å². The van der Waals surface area contributed by atoms with Crippen molar-refractivity contribution < 1.29 is 25.2 Å². The SMILES string of the molecule is OCC1OC(c2cccc(Cc3cc4sccc4s3)c2)[C@H](O)C(O)[C@@H]1O. The fourth-order valence-corrected chi connectivity index (χ4v) is 5.53. The average molecular weight is 392 g/mol. The Morgan fingerprint density at radius 1 is 0.962 bits per heavy atom. The molecule has 4 N–H and O–H groups in total. The maximum atomic E-state index is 10.3. The molecule has 7 heteroatoms. The van der Waals surface area contributed by atoms with Crippen LogP contribution < -0.4 is 0 Å². The van der Waals surface area contributed by atoms with Gasteiger partial charge in [0.2, 0.25) is 0 Å². The van der Waals surface area contributed by atoms with Gasteiger partial charge in [-0.3, -0.25) is 0 Å². The number of hydrogen-bond acceptors (Lipinski definition) is 7. The topological polar surface area (TPSA) is 90.2 Å². The molecular formula is C19H20O5S2. The van der Waals surface area contributed by atoms with Gasteiger partial charge in [0.15, 0.2) is 0 Å². The van der Waals surface area contributed by atoms with E-state index in [0.29, 0.717) is 0 Å². The van der Waals surface area contributed by atoms with Crippen LogP contribution in [0.3, 0.4) is 0 Å². The summed E-state index contributed by atoms with van der Waals surface area (Å²) in [7, 11) is 0. The Morgan fingerprint density at radius 2 is 1.81 bits per heavy atom. The van der Waals surface area contributed by atoms with Crippen LogP contribution in [0, 0.1) is 0 Å². The number of rotatable bonds is 4. The fraction of sp³-hybridized carbons (Fsp3) is 0.368. The minimum absolute atomic E-state index is 0.424. The highest BCUT2D eigenvalue weighted by molar-refractivity contribution is 7.26. The summed E-state index contributed by atoms with van der Waals surface area (Å²) in [5, 5.41) is 41.7. The number of ether oxygens (including phenoxy) is 1. The fourth-order valence-electron chi connectivity index (χ4n) is 3.36. The van der Waals surface area contributed by atoms with E-state index in [1.54, 1.807) is 22.7 Å². The molecule has 5 nitrogen and oxygen atoms in total. The Hall–Kier alpha value is -1.32. The Morgan fingerprint density at radius 3 is 2.58 bits per heavy atom. The summed E-state index contributed by atoms with van der Waals surface area (Å²) in [6.45, 7) is -0.424. The first-order valence-corrected chi connectivity index (χ1v) is 10.1. The molecule has 0 bridgehead atoms. The van der Waals surface area contributed by atoms with Gasteiger partial charge in [0.05, 0.1) is 6.61 Å². The third-order valence-electron chi connectivity index (χ3n) is 4.74. The van der Waals surface area contributed by atoms with Crippen LogP contribution >= 0.6 is 22.7 Å². The highest BCUT2D eigenvalue weighted by Gasteiger charge is 2.43. The summed E-state index contributed by atoms with van der Waals surface area (Å²) in [6.07, 6.45) is -4.87. The minimum atomic E-state index is -1.36. The number of thiophene rings is 2. The zero-order valence-corrected chi connectivity index (χ0v) is 15.5. The molecule has 0 amide bonds. The molecule has 0 radical (unpaired) electrons. The molecule has 5 atom stereocenters. The Bertz CT molecular complexity index is 858. The number of hydrogen-bond donors (Lipinski definition) is 4. The van der Waals surface area contributed by atoms with E-state index in [9.17, 15) is 20.4 Å². The highest BCUT2D eigenvalue weighted by atomic mass is 32.1. The quantitative estimate of drug-likeness (QED) is 0.546. The summed E-state index contributed by atoms with van der Waals surface area (Å²) in [5.41, 5.74) is 1.80. The van der Waals surface area contributed by atoms with Crippen molar-refractivity contribution in [2.45, 2.75) is 36.9 Å². The average Bonchev–Trinajstić information content (AvgIpc) is 3.22. The van der Waals surface area contributed by atoms with E-state index in [-0.39, 0.29) is 0 Å². The molecule has 2 aromatic heterocycles. The van der Waals surface area contributed by atoms with Crippen LogP contribution in [0.2, 0.25) is 0 Å². The standard InChI is InChI=1S/C19H20O5S2/c20-9-13-16(21)17(22)18(23)19(24-13)11-3-1-2-10(6-11)7-12-8-15-14(26-12)4-5-25-15/h1-6,8,13,16-23H,7,9H2/t13?,16-,17?,18-,19?/m1/s1. The van der Waals surface area contributed by atoms with Gasteiger partial charge in [-0.1, -0.05) is 24.3 Å². The number of benzene rings is 1. The zero-order valence-electron chi connectivity index (χ0n) is 13.9. The van der Waals surface area contributed by atoms with Gasteiger partial charge in [-0.05, 0) is 28.6 Å². The third kappa shape index (κ3) is 3.32. The van der Waals surface area contributed by atoms with Crippen LogP contribution in [0.15, 0.2) is 41.8 Å². The maximum Gasteiger partial charge on any atom is 0.113 e. The van der Waals surface area contributed by atoms with Gasteiger partial charge in [0.25, 0.3) is 0 Å². The molecule has 3 unspecified atom stereocenters. The molecule has 1 saturated heterocycles. The predicted octanol–water partition coefficient (Wildman–Crippen LogP) is 2.07. The smallest absolute Gasteiger partial charge is 0.113 e. The van der Waals surface area contributed by atoms with E-state index in [4.69, 9.17) is 4.74 Å². The molecule has 1 aromatic carbocycles. The first-order chi connectivity index (χ1) is 12.6. The summed E-state index contributed by atoms with van der Waals surface area (Å²) in [4.78, 5) is 1.26. The second kappa shape index (κ2) is 7.36. The molecule has 1 aliphatic heterocycles. The van der Waals surface area contributed by atoms with Crippen LogP contribution in [0.4, 0.5) is 0 Å². The van der Waals surface area contributed by atoms with Crippen molar-refractivity contribution in [2.75, 3.05) is 6.61 Å². The molecule has 3 heterocycles. The van der Waals surface area contributed by atoms with Crippen molar-refractivity contribution in [2.24, 2.45) is 0 Å². The molecule has 0 saturated carbocycles. The van der Waals surface area contributed by atoms with Gasteiger partial charge in [-0.2, -0.15) is 0 Å². The van der Waals surface area contributed by atoms with E-state index in [0.717, 1.165) is 17.5 Å². The first-order valence-electron chi connectivity index (χ1n) is 8.42. The molecule has 4 rings (SSSR count). The highest BCUT2D eigenvalue weighted by Crippen LogP contribution is 2.34. The lowest BCUT2D eigenvalue weighted by Gasteiger charge is -2.40. The maximum absolute atomic E-state index is 10.3. The Kier molecular flexibility index (Phi) is 5.11. The van der Waals surface area contributed by atoms with Crippen molar-refractivity contribution in [3.05, 3.63) is 57.8 Å². The van der Waals surface area contributed by atoms with Crippen LogP contribution in [0.25, 0.3) is 9.40 Å². The first kappa shape index (κ1) is 18.1. The van der Waals surface area contributed by atoms with E-state index in [1.807, 2.05) is 24.3 Å². The van der Waals surface area contributed by atoms with Crippen LogP contribution in [0.1, 0.15) is 22.1 Å². The van der Waals surface area contributed by atoms with Crippen LogP contribution in [-0.2, 0) is 11.2 Å². The molecule has 0 aliphatic carbocycles. The van der Waals surface area contributed by atoms with Crippen molar-refractivity contribution in [3.63, 3.8) is 0 Å². The molecule has 138 valence electrons. The normalized spacial score (nSPS) is 29.3. The lowest BCUT2D eigenvalue weighted by molar-refractivity contribution is -0.231. The number of aliphatic hydroxyl groups excluding tert-OH is 4. The van der Waals surface area contributed by atoms with E-state index < -0.39 is 37.1 Å². The van der Waals surface area contributed by atoms with Crippen LogP contribution in [0.5, 0.6) is 0 Å². The minimum Gasteiger partial charge on any atom is -0.394 e. The largest absolute Gasteiger partial charge is 0.394 e. The summed E-state index contributed by atoms with van der Waals surface area (Å²) < 4.78 is 8.23. The van der Waals surface area contributed by atoms with E-state index in [2.05, 4.69) is 17.5 Å². The Labute approximate surface area is 158 Å². The van der Waals surface area contributed by atoms with E-state index >= 15 is 0 Å². The molecule has 26 heavy (non-hydrogen) atoms.